The molecule has 10 heteroatoms. The molecular formula is C38H60BBrN2O6. The van der Waals surface area contributed by atoms with E-state index in [1.54, 1.807) is 0 Å². The lowest BCUT2D eigenvalue weighted by Gasteiger charge is -2.34. The largest absolute Gasteiger partial charge is 0.494 e. The molecule has 0 spiro atoms. The highest BCUT2D eigenvalue weighted by Crippen LogP contribution is 2.38. The molecule has 0 radical (unpaired) electrons. The topological polar surface area (TPSA) is 123 Å². The predicted molar refractivity (Wildman–Crippen MR) is 199 cm³/mol. The van der Waals surface area contributed by atoms with E-state index in [1.807, 2.05) is 104 Å². The summed E-state index contributed by atoms with van der Waals surface area (Å²) in [6.45, 7) is 27.8. The molecule has 1 fully saturated rings. The molecule has 3 rings (SSSR count). The van der Waals surface area contributed by atoms with Crippen LogP contribution >= 0.6 is 15.9 Å². The molecular weight excluding hydrogens is 671 g/mol. The van der Waals surface area contributed by atoms with Gasteiger partial charge in [-0.2, -0.15) is 0 Å². The number of nitrogens with two attached hydrogens (primary N) is 2. The first-order chi connectivity index (χ1) is 21.6. The van der Waals surface area contributed by atoms with Gasteiger partial charge in [0, 0.05) is 4.47 Å². The molecule has 1 aliphatic heterocycles. The van der Waals surface area contributed by atoms with Crippen LogP contribution in [0.2, 0.25) is 0 Å². The van der Waals surface area contributed by atoms with Crippen LogP contribution in [0.3, 0.4) is 0 Å². The molecule has 0 unspecified atom stereocenters. The minimum Gasteiger partial charge on any atom is -0.461 e. The van der Waals surface area contributed by atoms with Gasteiger partial charge in [-0.1, -0.05) is 93.9 Å². The van der Waals surface area contributed by atoms with Gasteiger partial charge in [-0.25, -0.2) is 9.59 Å². The number of rotatable bonds is 9. The third-order valence-electron chi connectivity index (χ3n) is 8.34. The van der Waals surface area contributed by atoms with E-state index in [2.05, 4.69) is 57.5 Å². The maximum absolute atomic E-state index is 12.9. The SMILES string of the molecule is CC(C)OC(=O)[C@@](N)(CC(C)(C)C)c1ccc(B2OC(C)(C)C(C)(C)O2)cc1.CC(C)OC(=O)[C@@](N)(CC(C)(C)C)c1ccc(Br)cc1. The molecule has 2 atom stereocenters. The quantitative estimate of drug-likeness (QED) is 0.201. The summed E-state index contributed by atoms with van der Waals surface area (Å²) in [6, 6.07) is 15.1. The lowest BCUT2D eigenvalue weighted by atomic mass is 9.74. The van der Waals surface area contributed by atoms with Crippen LogP contribution in [0.5, 0.6) is 0 Å². The molecule has 0 saturated carbocycles. The van der Waals surface area contributed by atoms with Gasteiger partial charge < -0.3 is 30.2 Å². The fourth-order valence-electron chi connectivity index (χ4n) is 5.56. The number of esters is 2. The Bertz CT molecular complexity index is 1360. The van der Waals surface area contributed by atoms with E-state index >= 15 is 0 Å². The van der Waals surface area contributed by atoms with Crippen LogP contribution in [-0.4, -0.2) is 42.5 Å². The van der Waals surface area contributed by atoms with E-state index in [9.17, 15) is 9.59 Å². The molecule has 48 heavy (non-hydrogen) atoms. The second-order valence-corrected chi connectivity index (χ2v) is 18.0. The zero-order chi connectivity index (χ0) is 37.1. The number of carbonyl (C=O) groups is 2. The van der Waals surface area contributed by atoms with Crippen LogP contribution in [0.25, 0.3) is 0 Å². The Labute approximate surface area is 298 Å². The molecule has 1 heterocycles. The van der Waals surface area contributed by atoms with Gasteiger partial charge in [0.05, 0.1) is 23.4 Å². The number of halogens is 1. The summed E-state index contributed by atoms with van der Waals surface area (Å²) in [7, 11) is -0.448. The van der Waals surface area contributed by atoms with Crippen LogP contribution in [0.1, 0.15) is 121 Å². The van der Waals surface area contributed by atoms with E-state index < -0.39 is 35.4 Å². The summed E-state index contributed by atoms with van der Waals surface area (Å²) in [4.78, 5) is 25.3. The van der Waals surface area contributed by atoms with Gasteiger partial charge in [-0.15, -0.1) is 0 Å². The summed E-state index contributed by atoms with van der Waals surface area (Å²) in [5.41, 5.74) is 12.2. The van der Waals surface area contributed by atoms with Crippen molar-refractivity contribution in [3.8, 4) is 0 Å². The van der Waals surface area contributed by atoms with E-state index in [-0.39, 0.29) is 29.0 Å². The number of hydrogen-bond donors (Lipinski definition) is 2. The minimum absolute atomic E-state index is 0.0855. The lowest BCUT2D eigenvalue weighted by molar-refractivity contribution is -0.156. The first-order valence-corrected chi connectivity index (χ1v) is 17.6. The van der Waals surface area contributed by atoms with Crippen LogP contribution in [-0.2, 0) is 39.4 Å². The van der Waals surface area contributed by atoms with E-state index in [0.717, 1.165) is 21.1 Å². The molecule has 4 N–H and O–H groups in total. The minimum atomic E-state index is -1.21. The van der Waals surface area contributed by atoms with Crippen molar-refractivity contribution in [1.82, 2.24) is 0 Å². The highest BCUT2D eigenvalue weighted by molar-refractivity contribution is 9.10. The number of carbonyl (C=O) groups excluding carboxylic acids is 2. The molecule has 2 aromatic carbocycles. The van der Waals surface area contributed by atoms with Crippen molar-refractivity contribution in [3.63, 3.8) is 0 Å². The highest BCUT2D eigenvalue weighted by Gasteiger charge is 2.52. The molecule has 0 bridgehead atoms. The Balaban J connectivity index is 0.000000353. The monoisotopic (exact) mass is 730 g/mol. The van der Waals surface area contributed by atoms with Crippen molar-refractivity contribution in [2.75, 3.05) is 0 Å². The predicted octanol–water partition coefficient (Wildman–Crippen LogP) is 7.52. The standard InChI is InChI=1S/C22H36BNO4.C16H24BrNO2/c1-15(2)26-18(25)22(24,14-19(3,4)5)16-10-12-17(13-11-16)23-27-20(6,7)21(8,9)28-23;1-11(2)20-14(19)16(18,10-15(3,4)5)12-6-8-13(17)9-7-12/h10-13,15H,14,24H2,1-9H3;6-9,11H,10,18H2,1-5H3/t22-;16-/m11/s1. The maximum Gasteiger partial charge on any atom is 0.494 e. The molecule has 0 amide bonds. The Hall–Kier alpha value is -2.24. The third-order valence-corrected chi connectivity index (χ3v) is 8.87. The number of benzene rings is 2. The van der Waals surface area contributed by atoms with Crippen LogP contribution in [0.4, 0.5) is 0 Å². The van der Waals surface area contributed by atoms with Crippen molar-refractivity contribution >= 4 is 40.4 Å². The zero-order valence-electron chi connectivity index (χ0n) is 31.7. The third kappa shape index (κ3) is 11.1. The molecule has 1 aliphatic rings. The zero-order valence-corrected chi connectivity index (χ0v) is 33.3. The van der Waals surface area contributed by atoms with Gasteiger partial charge in [0.2, 0.25) is 0 Å². The van der Waals surface area contributed by atoms with E-state index in [1.165, 1.54) is 0 Å². The molecule has 8 nitrogen and oxygen atoms in total. The van der Waals surface area contributed by atoms with Crippen molar-refractivity contribution in [2.24, 2.45) is 22.3 Å². The molecule has 1 saturated heterocycles. The normalized spacial score (nSPS) is 18.4. The van der Waals surface area contributed by atoms with Crippen molar-refractivity contribution in [2.45, 2.75) is 144 Å². The van der Waals surface area contributed by atoms with Crippen molar-refractivity contribution < 1.29 is 28.4 Å². The van der Waals surface area contributed by atoms with Gasteiger partial charge in [0.25, 0.3) is 0 Å². The number of hydrogen-bond acceptors (Lipinski definition) is 8. The van der Waals surface area contributed by atoms with Gasteiger partial charge in [-0.3, -0.25) is 0 Å². The summed E-state index contributed by atoms with van der Waals surface area (Å²) in [6.07, 6.45) is 0.592. The average molecular weight is 732 g/mol. The smallest absolute Gasteiger partial charge is 0.461 e. The second-order valence-electron chi connectivity index (χ2n) is 17.0. The Kier molecular flexibility index (Phi) is 13.4. The average Bonchev–Trinajstić information content (AvgIpc) is 3.13. The summed E-state index contributed by atoms with van der Waals surface area (Å²) >= 11 is 3.39. The summed E-state index contributed by atoms with van der Waals surface area (Å²) < 4.78 is 24.0. The molecule has 0 aliphatic carbocycles. The molecule has 0 aromatic heterocycles. The van der Waals surface area contributed by atoms with Crippen LogP contribution in [0.15, 0.2) is 53.0 Å². The molecule has 2 aromatic rings. The summed E-state index contributed by atoms with van der Waals surface area (Å²) in [5.74, 6) is -0.773. The second kappa shape index (κ2) is 15.3. The van der Waals surface area contributed by atoms with Crippen molar-refractivity contribution in [3.05, 3.63) is 64.1 Å². The van der Waals surface area contributed by atoms with Gasteiger partial charge >= 0.3 is 19.1 Å². The van der Waals surface area contributed by atoms with Gasteiger partial charge in [0.15, 0.2) is 0 Å². The Morgan fingerprint density at radius 2 is 1.00 bits per heavy atom. The van der Waals surface area contributed by atoms with E-state index in [0.29, 0.717) is 12.8 Å². The highest BCUT2D eigenvalue weighted by atomic mass is 79.9. The Morgan fingerprint density at radius 3 is 1.29 bits per heavy atom. The molecule has 268 valence electrons. The lowest BCUT2D eigenvalue weighted by Crippen LogP contribution is -2.49. The van der Waals surface area contributed by atoms with Crippen LogP contribution in [0, 0.1) is 10.8 Å². The van der Waals surface area contributed by atoms with E-state index in [4.69, 9.17) is 30.2 Å². The number of ether oxygens (including phenoxy) is 2. The van der Waals surface area contributed by atoms with Gasteiger partial charge in [-0.05, 0) is 108 Å². The van der Waals surface area contributed by atoms with Crippen molar-refractivity contribution in [1.29, 1.82) is 0 Å². The van der Waals surface area contributed by atoms with Gasteiger partial charge in [0.1, 0.15) is 11.1 Å². The summed E-state index contributed by atoms with van der Waals surface area (Å²) in [5, 5.41) is 0. The first-order valence-electron chi connectivity index (χ1n) is 16.8. The maximum atomic E-state index is 12.9. The van der Waals surface area contributed by atoms with Crippen LogP contribution < -0.4 is 16.9 Å². The fourth-order valence-corrected chi connectivity index (χ4v) is 5.82. The first kappa shape index (κ1) is 41.9. The Morgan fingerprint density at radius 1 is 0.688 bits per heavy atom. The fraction of sp³-hybridized carbons (Fsp3) is 0.632.